The number of amides is 1. The lowest BCUT2D eigenvalue weighted by molar-refractivity contribution is -0.384. The summed E-state index contributed by atoms with van der Waals surface area (Å²) in [6, 6.07) is 22.3. The third-order valence-electron chi connectivity index (χ3n) is 6.46. The summed E-state index contributed by atoms with van der Waals surface area (Å²) < 4.78 is 11.2. The largest absolute Gasteiger partial charge is 0.507 e. The van der Waals surface area contributed by atoms with E-state index in [9.17, 15) is 24.8 Å². The quantitative estimate of drug-likeness (QED) is 0.103. The van der Waals surface area contributed by atoms with Crippen LogP contribution in [0.5, 0.6) is 5.75 Å². The van der Waals surface area contributed by atoms with Crippen molar-refractivity contribution in [2.45, 2.75) is 26.1 Å². The van der Waals surface area contributed by atoms with Gasteiger partial charge in [-0.05, 0) is 54.4 Å². The van der Waals surface area contributed by atoms with Crippen LogP contribution in [0.15, 0.2) is 101 Å². The van der Waals surface area contributed by atoms with Gasteiger partial charge in [-0.1, -0.05) is 42.0 Å². The molecule has 0 saturated carbocycles. The molecule has 1 amide bonds. The van der Waals surface area contributed by atoms with Crippen molar-refractivity contribution < 1.29 is 28.8 Å². The van der Waals surface area contributed by atoms with Crippen molar-refractivity contribution in [2.75, 3.05) is 0 Å². The van der Waals surface area contributed by atoms with E-state index in [1.165, 1.54) is 29.4 Å². The van der Waals surface area contributed by atoms with Gasteiger partial charge >= 0.3 is 0 Å². The molecule has 1 aliphatic heterocycles. The fourth-order valence-corrected chi connectivity index (χ4v) is 4.60. The molecular weight excluding hydrogens is 500 g/mol. The summed E-state index contributed by atoms with van der Waals surface area (Å²) in [5.41, 5.74) is 2.37. The summed E-state index contributed by atoms with van der Waals surface area (Å²) >= 11 is 0. The van der Waals surface area contributed by atoms with Crippen LogP contribution in [0.3, 0.4) is 0 Å². The number of nitro benzene ring substituents is 1. The van der Waals surface area contributed by atoms with Crippen molar-refractivity contribution in [3.8, 4) is 5.75 Å². The van der Waals surface area contributed by atoms with Crippen LogP contribution in [-0.2, 0) is 22.7 Å². The molecule has 0 radical (unpaired) electrons. The molecule has 196 valence electrons. The van der Waals surface area contributed by atoms with E-state index < -0.39 is 28.4 Å². The van der Waals surface area contributed by atoms with E-state index in [1.54, 1.807) is 42.5 Å². The Morgan fingerprint density at radius 1 is 1.03 bits per heavy atom. The molecule has 3 aromatic carbocycles. The highest BCUT2D eigenvalue weighted by atomic mass is 16.6. The second kappa shape index (κ2) is 10.7. The number of nitrogens with zero attached hydrogens (tertiary/aromatic N) is 2. The van der Waals surface area contributed by atoms with Crippen LogP contribution in [0, 0.1) is 17.0 Å². The molecule has 1 fully saturated rings. The van der Waals surface area contributed by atoms with Gasteiger partial charge < -0.3 is 19.2 Å². The first kappa shape index (κ1) is 25.5. The minimum Gasteiger partial charge on any atom is -0.507 e. The maximum atomic E-state index is 13.2. The topological polar surface area (TPSA) is 123 Å². The minimum atomic E-state index is -1.06. The average molecular weight is 525 g/mol. The second-order valence-electron chi connectivity index (χ2n) is 9.16. The SMILES string of the molecule is Cc1cccc(COc2ccc(/C(O)=C3\C(=O)C(=O)N(Cc4ccco4)[C@H]3c3cccc([N+](=O)[O-])c3)cc2)c1. The highest BCUT2D eigenvalue weighted by Gasteiger charge is 2.46. The number of carbonyl (C=O) groups excluding carboxylic acids is 2. The number of aliphatic hydroxyl groups is 1. The van der Waals surface area contributed by atoms with Gasteiger partial charge in [0.25, 0.3) is 17.4 Å². The molecule has 9 heteroatoms. The standard InChI is InChI=1S/C30H24N2O7/c1-19-5-2-6-20(15-19)18-39-24-12-10-21(11-13-24)28(33)26-27(22-7-3-8-23(16-22)32(36)37)31(30(35)29(26)34)17-25-9-4-14-38-25/h2-16,27,33H,17-18H2,1H3/b28-26+/t27-/m0/s1. The minimum absolute atomic E-state index is 0.0621. The zero-order valence-corrected chi connectivity index (χ0v) is 20.9. The number of benzene rings is 3. The number of hydrogen-bond acceptors (Lipinski definition) is 7. The Morgan fingerprint density at radius 2 is 1.79 bits per heavy atom. The number of hydrogen-bond donors (Lipinski definition) is 1. The lowest BCUT2D eigenvalue weighted by Crippen LogP contribution is -2.29. The Morgan fingerprint density at radius 3 is 2.49 bits per heavy atom. The number of ether oxygens (including phenoxy) is 1. The molecule has 39 heavy (non-hydrogen) atoms. The summed E-state index contributed by atoms with van der Waals surface area (Å²) in [5.74, 6) is -1.15. The van der Waals surface area contributed by atoms with E-state index in [4.69, 9.17) is 9.15 Å². The monoisotopic (exact) mass is 524 g/mol. The number of aryl methyl sites for hydroxylation is 1. The zero-order chi connectivity index (χ0) is 27.5. The van der Waals surface area contributed by atoms with Gasteiger partial charge in [0, 0.05) is 17.7 Å². The number of likely N-dealkylation sites (tertiary alicyclic amines) is 1. The molecule has 1 aliphatic rings. The van der Waals surface area contributed by atoms with Gasteiger partial charge in [-0.15, -0.1) is 0 Å². The first-order valence-electron chi connectivity index (χ1n) is 12.2. The molecule has 1 atom stereocenters. The number of furan rings is 1. The first-order valence-corrected chi connectivity index (χ1v) is 12.2. The number of rotatable bonds is 8. The Bertz CT molecular complexity index is 1570. The van der Waals surface area contributed by atoms with Crippen LogP contribution in [-0.4, -0.2) is 26.6 Å². The predicted molar refractivity (Wildman–Crippen MR) is 142 cm³/mol. The Hall–Kier alpha value is -5.18. The Balaban J connectivity index is 1.49. The Labute approximate surface area is 223 Å². The number of Topliss-reactive ketones (excluding diaryl/α,β-unsaturated/α-hetero) is 1. The molecule has 1 saturated heterocycles. The fourth-order valence-electron chi connectivity index (χ4n) is 4.60. The molecule has 0 bridgehead atoms. The molecule has 0 spiro atoms. The first-order chi connectivity index (χ1) is 18.8. The summed E-state index contributed by atoms with van der Waals surface area (Å²) in [6.07, 6.45) is 1.44. The molecule has 5 rings (SSSR count). The van der Waals surface area contributed by atoms with E-state index >= 15 is 0 Å². The maximum Gasteiger partial charge on any atom is 0.296 e. The summed E-state index contributed by atoms with van der Waals surface area (Å²) in [7, 11) is 0. The van der Waals surface area contributed by atoms with Crippen LogP contribution >= 0.6 is 0 Å². The number of ketones is 1. The van der Waals surface area contributed by atoms with E-state index in [0.29, 0.717) is 29.2 Å². The van der Waals surface area contributed by atoms with Gasteiger partial charge in [-0.2, -0.15) is 0 Å². The van der Waals surface area contributed by atoms with E-state index in [0.717, 1.165) is 11.1 Å². The molecule has 4 aromatic rings. The molecule has 1 aromatic heterocycles. The summed E-state index contributed by atoms with van der Waals surface area (Å²) in [5, 5.41) is 22.7. The number of aliphatic hydroxyl groups excluding tert-OH is 1. The van der Waals surface area contributed by atoms with E-state index in [1.807, 2.05) is 31.2 Å². The van der Waals surface area contributed by atoms with Crippen molar-refractivity contribution >= 4 is 23.1 Å². The van der Waals surface area contributed by atoms with Crippen molar-refractivity contribution in [1.29, 1.82) is 0 Å². The van der Waals surface area contributed by atoms with Gasteiger partial charge in [-0.25, -0.2) is 0 Å². The third-order valence-corrected chi connectivity index (χ3v) is 6.46. The molecule has 1 N–H and O–H groups in total. The van der Waals surface area contributed by atoms with Crippen molar-refractivity contribution in [1.82, 2.24) is 4.90 Å². The smallest absolute Gasteiger partial charge is 0.296 e. The third kappa shape index (κ3) is 5.28. The van der Waals surface area contributed by atoms with Crippen molar-refractivity contribution in [2.24, 2.45) is 0 Å². The van der Waals surface area contributed by atoms with Crippen LogP contribution in [0.2, 0.25) is 0 Å². The van der Waals surface area contributed by atoms with Gasteiger partial charge in [0.1, 0.15) is 23.9 Å². The lowest BCUT2D eigenvalue weighted by Gasteiger charge is -2.24. The summed E-state index contributed by atoms with van der Waals surface area (Å²) in [6.45, 7) is 2.30. The van der Waals surface area contributed by atoms with Gasteiger partial charge in [0.05, 0.1) is 29.3 Å². The van der Waals surface area contributed by atoms with Gasteiger partial charge in [-0.3, -0.25) is 19.7 Å². The van der Waals surface area contributed by atoms with Crippen LogP contribution < -0.4 is 4.74 Å². The molecular formula is C30H24N2O7. The summed E-state index contributed by atoms with van der Waals surface area (Å²) in [4.78, 5) is 38.4. The number of nitro groups is 1. The molecule has 9 nitrogen and oxygen atoms in total. The zero-order valence-electron chi connectivity index (χ0n) is 20.9. The average Bonchev–Trinajstić information content (AvgIpc) is 3.54. The normalized spacial score (nSPS) is 16.4. The van der Waals surface area contributed by atoms with Crippen LogP contribution in [0.25, 0.3) is 5.76 Å². The maximum absolute atomic E-state index is 13.2. The number of non-ortho nitro benzene ring substituents is 1. The Kier molecular flexibility index (Phi) is 6.96. The van der Waals surface area contributed by atoms with Crippen LogP contribution in [0.4, 0.5) is 5.69 Å². The number of carbonyl (C=O) groups is 2. The molecule has 0 unspecified atom stereocenters. The fraction of sp³-hybridized carbons (Fsp3) is 0.133. The highest BCUT2D eigenvalue weighted by Crippen LogP contribution is 2.41. The van der Waals surface area contributed by atoms with Gasteiger partial charge in [0.15, 0.2) is 0 Å². The highest BCUT2D eigenvalue weighted by molar-refractivity contribution is 6.46. The van der Waals surface area contributed by atoms with Gasteiger partial charge in [0.2, 0.25) is 0 Å². The predicted octanol–water partition coefficient (Wildman–Crippen LogP) is 5.70. The second-order valence-corrected chi connectivity index (χ2v) is 9.16. The van der Waals surface area contributed by atoms with E-state index in [2.05, 4.69) is 0 Å². The van der Waals surface area contributed by atoms with Crippen molar-refractivity contribution in [3.63, 3.8) is 0 Å². The lowest BCUT2D eigenvalue weighted by atomic mass is 9.95. The molecule has 0 aliphatic carbocycles. The molecule has 2 heterocycles. The van der Waals surface area contributed by atoms with Crippen molar-refractivity contribution in [3.05, 3.63) is 135 Å². The van der Waals surface area contributed by atoms with E-state index in [-0.39, 0.29) is 17.8 Å². The van der Waals surface area contributed by atoms with Crippen LogP contribution in [0.1, 0.15) is 34.1 Å².